The lowest BCUT2D eigenvalue weighted by Gasteiger charge is -2.29. The molecular weight excluding hydrogens is 1860 g/mol. The van der Waals surface area contributed by atoms with Crippen molar-refractivity contribution in [2.45, 2.75) is 260 Å². The molecule has 18 atom stereocenters. The van der Waals surface area contributed by atoms with Crippen LogP contribution in [0.2, 0.25) is 0 Å². The van der Waals surface area contributed by atoms with E-state index in [4.69, 9.17) is 5.73 Å². The summed E-state index contributed by atoms with van der Waals surface area (Å²) in [5.41, 5.74) is 5.16. The number of nitrogens with zero attached hydrogens (tertiary/aromatic N) is 1. The number of rotatable bonds is 63. The molecule has 32 N–H and O–H groups in total. The van der Waals surface area contributed by atoms with E-state index in [2.05, 4.69) is 84.4 Å². The van der Waals surface area contributed by atoms with Crippen molar-refractivity contribution in [2.75, 3.05) is 26.4 Å². The van der Waals surface area contributed by atoms with Gasteiger partial charge in [0.25, 0.3) is 0 Å². The van der Waals surface area contributed by atoms with Gasteiger partial charge in [-0.25, -0.2) is 4.98 Å². The highest BCUT2D eigenvalue weighted by atomic mass is 16.4. The number of carbonyl (C=O) groups excluding carboxylic acids is 17. The largest absolute Gasteiger partial charge is 0.508 e. The van der Waals surface area contributed by atoms with E-state index in [1.165, 1.54) is 88.8 Å². The van der Waals surface area contributed by atoms with Gasteiger partial charge in [-0.3, -0.25) is 110 Å². The van der Waals surface area contributed by atoms with Crippen LogP contribution < -0.4 is 96.1 Å². The zero-order valence-electron chi connectivity index (χ0n) is 77.7. The number of H-pyrrole nitrogens is 1. The van der Waals surface area contributed by atoms with Crippen molar-refractivity contribution in [1.29, 1.82) is 0 Å². The first-order valence-corrected chi connectivity index (χ1v) is 43.7. The summed E-state index contributed by atoms with van der Waals surface area (Å²) in [7, 11) is 0. The molecule has 0 bridgehead atoms. The quantitative estimate of drug-likeness (QED) is 0.0249. The molecule has 0 unspecified atom stereocenters. The second-order valence-electron chi connectivity index (χ2n) is 33.7. The van der Waals surface area contributed by atoms with E-state index in [0.717, 1.165) is 20.8 Å². The topological polar surface area (TPSA) is 895 Å². The van der Waals surface area contributed by atoms with E-state index in [-0.39, 0.29) is 24.2 Å². The van der Waals surface area contributed by atoms with Gasteiger partial charge in [-0.15, -0.1) is 0 Å². The lowest BCUT2D eigenvalue weighted by Crippen LogP contribution is -2.63. The number of nitrogens with two attached hydrogens (primary N) is 1. The normalized spacial score (nSPS) is 15.1. The molecule has 3 aromatic rings. The van der Waals surface area contributed by atoms with Crippen LogP contribution in [0.25, 0.3) is 0 Å². The molecule has 0 saturated heterocycles. The molecule has 1 aromatic heterocycles. The predicted octanol–water partition coefficient (Wildman–Crippen LogP) is -10.8. The number of benzene rings is 2. The Balaban J connectivity index is 1.85. The fourth-order valence-corrected chi connectivity index (χ4v) is 12.9. The number of aromatic hydroxyl groups is 1. The highest BCUT2D eigenvalue weighted by Gasteiger charge is 2.42. The van der Waals surface area contributed by atoms with Gasteiger partial charge in [0.1, 0.15) is 102 Å². The van der Waals surface area contributed by atoms with Crippen LogP contribution in [0.5, 0.6) is 5.75 Å². The predicted molar refractivity (Wildman–Crippen MR) is 478 cm³/mol. The van der Waals surface area contributed by atoms with Crippen LogP contribution in [0.3, 0.4) is 0 Å². The van der Waals surface area contributed by atoms with Crippen LogP contribution in [0.1, 0.15) is 143 Å². The number of amides is 17. The number of carboxylic acids is 6. The second kappa shape index (κ2) is 58.6. The van der Waals surface area contributed by atoms with Crippen LogP contribution in [-0.2, 0) is 130 Å². The van der Waals surface area contributed by atoms with Crippen LogP contribution in [0.4, 0.5) is 0 Å². The third-order valence-electron chi connectivity index (χ3n) is 20.7. The third kappa shape index (κ3) is 42.3. The minimum atomic E-state index is -2.23. The van der Waals surface area contributed by atoms with Crippen molar-refractivity contribution in [3.05, 3.63) is 83.9 Å². The Morgan fingerprint density at radius 3 is 1.14 bits per heavy atom. The smallest absolute Gasteiger partial charge is 0.325 e. The first-order valence-electron chi connectivity index (χ1n) is 43.7. The molecule has 0 saturated carbocycles. The molecule has 0 fully saturated rings. The van der Waals surface area contributed by atoms with Gasteiger partial charge in [-0.05, 0) is 102 Å². The number of imidazole rings is 1. The maximum atomic E-state index is 14.6. The lowest BCUT2D eigenvalue weighted by atomic mass is 10.00. The summed E-state index contributed by atoms with van der Waals surface area (Å²) in [6.45, 7) is 6.27. The van der Waals surface area contributed by atoms with Crippen LogP contribution >= 0.6 is 0 Å². The average molecular weight is 1990 g/mol. The number of phenolic OH excluding ortho intramolecular Hbond substituents is 1. The first kappa shape index (κ1) is 119. The Labute approximate surface area is 798 Å². The van der Waals surface area contributed by atoms with Gasteiger partial charge >= 0.3 is 35.8 Å². The molecule has 0 aliphatic carbocycles. The van der Waals surface area contributed by atoms with Crippen LogP contribution in [-0.4, -0.2) is 348 Å². The highest BCUT2D eigenvalue weighted by molar-refractivity contribution is 6.02. The van der Waals surface area contributed by atoms with Gasteiger partial charge in [-0.1, -0.05) is 70.2 Å². The van der Waals surface area contributed by atoms with Crippen molar-refractivity contribution in [3.8, 4) is 5.75 Å². The minimum Gasteiger partial charge on any atom is -0.508 e. The van der Waals surface area contributed by atoms with E-state index in [0.29, 0.717) is 11.3 Å². The van der Waals surface area contributed by atoms with E-state index < -0.39 is 359 Å². The molecule has 55 nitrogen and oxygen atoms in total. The van der Waals surface area contributed by atoms with E-state index in [1.807, 2.05) is 16.0 Å². The Morgan fingerprint density at radius 1 is 0.379 bits per heavy atom. The van der Waals surface area contributed by atoms with Crippen LogP contribution in [0, 0.1) is 11.8 Å². The number of carboxylic acid groups (broad SMARTS) is 6. The second-order valence-corrected chi connectivity index (χ2v) is 33.7. The Kier molecular flexibility index (Phi) is 49.9. The number of aromatic nitrogens is 2. The summed E-state index contributed by atoms with van der Waals surface area (Å²) in [5.74, 6) is -32.8. The Bertz CT molecular complexity index is 4830. The van der Waals surface area contributed by atoms with Gasteiger partial charge < -0.3 is 162 Å². The van der Waals surface area contributed by atoms with Gasteiger partial charge in [0.2, 0.25) is 100 Å². The maximum Gasteiger partial charge on any atom is 0.325 e. The number of aromatic amines is 1. The Morgan fingerprint density at radius 2 is 0.729 bits per heavy atom. The van der Waals surface area contributed by atoms with Crippen molar-refractivity contribution in [3.63, 3.8) is 0 Å². The Hall–Kier alpha value is -15.0. The third-order valence-corrected chi connectivity index (χ3v) is 20.7. The molecule has 0 aliphatic heterocycles. The zero-order chi connectivity index (χ0) is 106. The standard InChI is InChI=1S/C85H124N20O35/c1-38(2)27-52(73(128)93-51(22-26-63(119)120)72(127)92-50(21-25-62(117)118)71(126)91-49(20-24-61(115)116)70(125)90-40(5)83(138)139)94-74(129)53(29-44-15-17-46(111)18-16-44)95-77(132)56(34-106)98-79(134)58(36-108)99-80(135)65(39(3)4)103-76(131)55(31-64(121)122)96-78(133)57(35-107)100-82(137)67(42(7)110)104-75(130)54(28-43-13-11-10-12-14-43)97-81(136)66(41(6)109)102-59(112)33-88-69(124)48(19-23-60(113)114)101-84(140)85(8,9)105-68(123)47(86)30-45-32-87-37-89-45/h10-18,32,37-42,47-58,65-67,106-111H,19-31,33-36,86H2,1-9H3,(H,87,89)(H,88,124)(H,90,125)(H,91,126)(H,92,127)(H,93,128)(H,94,129)(H,95,132)(H,96,133)(H,97,136)(H,98,134)(H,99,135)(H,100,137)(H,101,140)(H,102,112)(H,103,131)(H,104,130)(H,105,123)(H,113,114)(H,115,116)(H,117,118)(H,119,120)(H,121,122)(H,138,139)/t40-,41+,42+,47-,48-,49-,50-,51-,52-,53-,54-,55-,56-,57-,58-,65-,66-,67-/m0/s1. The maximum absolute atomic E-state index is 14.6. The fourth-order valence-electron chi connectivity index (χ4n) is 12.9. The molecule has 17 amide bonds. The first-order chi connectivity index (χ1) is 65.5. The van der Waals surface area contributed by atoms with Gasteiger partial charge in [-0.2, -0.15) is 0 Å². The van der Waals surface area contributed by atoms with Crippen molar-refractivity contribution in [1.82, 2.24) is 100 Å². The van der Waals surface area contributed by atoms with Crippen LogP contribution in [0.15, 0.2) is 67.1 Å². The van der Waals surface area contributed by atoms with Gasteiger partial charge in [0, 0.05) is 51.1 Å². The summed E-state index contributed by atoms with van der Waals surface area (Å²) in [6.07, 6.45) is -9.47. The minimum absolute atomic E-state index is 0.0383. The summed E-state index contributed by atoms with van der Waals surface area (Å²) < 4.78 is 0. The lowest BCUT2D eigenvalue weighted by molar-refractivity contribution is -0.142. The molecular formula is C85H124N20O35. The van der Waals surface area contributed by atoms with E-state index in [9.17, 15) is 172 Å². The molecule has 3 rings (SSSR count). The molecule has 774 valence electrons. The van der Waals surface area contributed by atoms with E-state index >= 15 is 0 Å². The highest BCUT2D eigenvalue weighted by Crippen LogP contribution is 2.17. The molecule has 2 aromatic carbocycles. The summed E-state index contributed by atoms with van der Waals surface area (Å²) in [4.78, 5) is 314. The van der Waals surface area contributed by atoms with Crippen molar-refractivity contribution < 1.29 is 172 Å². The van der Waals surface area contributed by atoms with Gasteiger partial charge in [0.15, 0.2) is 0 Å². The van der Waals surface area contributed by atoms with Crippen molar-refractivity contribution in [2.24, 2.45) is 17.6 Å². The number of aliphatic hydroxyl groups is 5. The molecule has 55 heteroatoms. The number of hydrogen-bond donors (Lipinski definition) is 31. The number of aliphatic hydroxyl groups excluding tert-OH is 5. The monoisotopic (exact) mass is 1980 g/mol. The number of nitrogens with one attached hydrogen (secondary N) is 18. The average Bonchev–Trinajstić information content (AvgIpc) is 0.947. The fraction of sp³-hybridized carbons (Fsp3) is 0.553. The van der Waals surface area contributed by atoms with Gasteiger partial charge in [0.05, 0.1) is 63.1 Å². The zero-order valence-corrected chi connectivity index (χ0v) is 77.7. The molecule has 0 aliphatic rings. The number of carbonyl (C=O) groups is 23. The number of phenols is 1. The number of aliphatic carboxylic acids is 6. The van der Waals surface area contributed by atoms with Crippen molar-refractivity contribution >= 4 is 136 Å². The number of hydrogen-bond acceptors (Lipinski definition) is 31. The van der Waals surface area contributed by atoms with E-state index in [1.54, 1.807) is 19.9 Å². The summed E-state index contributed by atoms with van der Waals surface area (Å²) >= 11 is 0. The summed E-state index contributed by atoms with van der Waals surface area (Å²) in [5, 5.41) is 158. The molecule has 1 heterocycles. The molecule has 0 spiro atoms. The summed E-state index contributed by atoms with van der Waals surface area (Å²) in [6, 6.07) is -17.6. The SMILES string of the molecule is CC(C)C[C@H](NC(=O)[C@H](Cc1ccc(O)cc1)NC(=O)[C@H](CO)NC(=O)[C@H](CO)NC(=O)[C@@H](NC(=O)[C@H](CC(=O)O)NC(=O)[C@H](CO)NC(=O)[C@@H](NC(=O)[C@H](Cc1ccccc1)NC(=O)[C@@H](NC(=O)CNC(=O)[C@H](CCC(=O)O)NC(=O)C(C)(C)NC(=O)[C@@H](N)Cc1c[nH]cn1)[C@@H](C)O)[C@@H](C)O)C(C)C)C(=O)N[C@@H](CCC(=O)O)C(=O)N[C@@H](CCC(=O)O)C(=O)N[C@@H](CCC(=O)O)C(=O)N[C@@H](C)C(=O)O. The molecule has 140 heavy (non-hydrogen) atoms. The molecule has 0 radical (unpaired) electrons.